The Morgan fingerprint density at radius 1 is 1.00 bits per heavy atom. The molecule has 0 unspecified atom stereocenters. The monoisotopic (exact) mass is 334 g/mol. The van der Waals surface area contributed by atoms with Crippen LogP contribution in [0.2, 0.25) is 0 Å². The van der Waals surface area contributed by atoms with E-state index in [0.717, 1.165) is 27.7 Å². The number of hydrogen-bond donors (Lipinski definition) is 0. The molecular formula is C21H22N2O2. The molecule has 0 radical (unpaired) electrons. The molecule has 0 aliphatic heterocycles. The molecule has 1 aromatic heterocycles. The first-order chi connectivity index (χ1) is 12.0. The van der Waals surface area contributed by atoms with E-state index in [0.29, 0.717) is 6.54 Å². The normalized spacial score (nSPS) is 10.8. The highest BCUT2D eigenvalue weighted by molar-refractivity contribution is 5.94. The molecule has 128 valence electrons. The van der Waals surface area contributed by atoms with E-state index in [2.05, 4.69) is 0 Å². The van der Waals surface area contributed by atoms with Crippen LogP contribution >= 0.6 is 0 Å². The van der Waals surface area contributed by atoms with Gasteiger partial charge in [-0.2, -0.15) is 0 Å². The Labute approximate surface area is 147 Å². The van der Waals surface area contributed by atoms with Gasteiger partial charge in [0.2, 0.25) is 5.91 Å². The molecule has 1 heterocycles. The van der Waals surface area contributed by atoms with Crippen molar-refractivity contribution in [3.05, 3.63) is 76.1 Å². The molecule has 0 N–H and O–H groups in total. The van der Waals surface area contributed by atoms with E-state index < -0.39 is 0 Å². The van der Waals surface area contributed by atoms with Gasteiger partial charge in [-0.1, -0.05) is 36.4 Å². The van der Waals surface area contributed by atoms with Gasteiger partial charge in [-0.3, -0.25) is 14.2 Å². The third-order valence-electron chi connectivity index (χ3n) is 4.52. The minimum atomic E-state index is -0.142. The third kappa shape index (κ3) is 3.20. The van der Waals surface area contributed by atoms with Crippen molar-refractivity contribution in [3.8, 4) is 0 Å². The standard InChI is InChI=1S/C21H22N2O2/c1-4-22(17-10-6-5-7-11-17)20(25)14-23-19(24)13-16(3)18-12-8-9-15(2)21(18)23/h5-13H,4,14H2,1-3H3. The summed E-state index contributed by atoms with van der Waals surface area (Å²) in [5.41, 5.74) is 3.47. The van der Waals surface area contributed by atoms with Crippen molar-refractivity contribution in [1.29, 1.82) is 0 Å². The summed E-state index contributed by atoms with van der Waals surface area (Å²) in [6.45, 7) is 6.42. The Kier molecular flexibility index (Phi) is 4.70. The van der Waals surface area contributed by atoms with Crippen molar-refractivity contribution >= 4 is 22.5 Å². The van der Waals surface area contributed by atoms with Gasteiger partial charge in [-0.05, 0) is 44.0 Å². The molecule has 0 spiro atoms. The molecule has 3 rings (SSSR count). The van der Waals surface area contributed by atoms with Gasteiger partial charge in [0.05, 0.1) is 5.52 Å². The number of carbonyl (C=O) groups excluding carboxylic acids is 1. The van der Waals surface area contributed by atoms with Crippen molar-refractivity contribution in [2.45, 2.75) is 27.3 Å². The van der Waals surface area contributed by atoms with Crippen LogP contribution in [0.1, 0.15) is 18.1 Å². The number of nitrogens with zero attached hydrogens (tertiary/aromatic N) is 2. The van der Waals surface area contributed by atoms with E-state index >= 15 is 0 Å². The van der Waals surface area contributed by atoms with Crippen LogP contribution in [0.25, 0.3) is 10.9 Å². The number of rotatable bonds is 4. The summed E-state index contributed by atoms with van der Waals surface area (Å²) in [5, 5.41) is 1.01. The zero-order valence-corrected chi connectivity index (χ0v) is 14.8. The quantitative estimate of drug-likeness (QED) is 0.730. The Hall–Kier alpha value is -2.88. The number of fused-ring (bicyclic) bond motifs is 1. The molecule has 0 atom stereocenters. The number of aromatic nitrogens is 1. The first-order valence-electron chi connectivity index (χ1n) is 8.48. The minimum Gasteiger partial charge on any atom is -0.311 e. The number of aryl methyl sites for hydroxylation is 2. The van der Waals surface area contributed by atoms with Crippen LogP contribution < -0.4 is 10.5 Å². The second-order valence-corrected chi connectivity index (χ2v) is 6.20. The summed E-state index contributed by atoms with van der Waals surface area (Å²) in [4.78, 5) is 27.2. The van der Waals surface area contributed by atoms with Crippen molar-refractivity contribution < 1.29 is 4.79 Å². The number of anilines is 1. The highest BCUT2D eigenvalue weighted by atomic mass is 16.2. The third-order valence-corrected chi connectivity index (χ3v) is 4.52. The molecule has 1 amide bonds. The first-order valence-corrected chi connectivity index (χ1v) is 8.48. The lowest BCUT2D eigenvalue weighted by Crippen LogP contribution is -2.36. The van der Waals surface area contributed by atoms with Crippen LogP contribution in [0, 0.1) is 13.8 Å². The Bertz CT molecular complexity index is 974. The Morgan fingerprint density at radius 3 is 2.40 bits per heavy atom. The lowest BCUT2D eigenvalue weighted by atomic mass is 10.1. The van der Waals surface area contributed by atoms with Crippen molar-refractivity contribution in [3.63, 3.8) is 0 Å². The van der Waals surface area contributed by atoms with Gasteiger partial charge in [0.25, 0.3) is 5.56 Å². The lowest BCUT2D eigenvalue weighted by molar-refractivity contribution is -0.119. The highest BCUT2D eigenvalue weighted by Crippen LogP contribution is 2.21. The van der Waals surface area contributed by atoms with Crippen LogP contribution in [-0.2, 0) is 11.3 Å². The van der Waals surface area contributed by atoms with Crippen molar-refractivity contribution in [2.24, 2.45) is 0 Å². The second kappa shape index (κ2) is 6.93. The molecule has 2 aromatic carbocycles. The van der Waals surface area contributed by atoms with Gasteiger partial charge < -0.3 is 4.90 Å². The van der Waals surface area contributed by atoms with Crippen LogP contribution in [-0.4, -0.2) is 17.0 Å². The molecule has 0 aliphatic carbocycles. The van der Waals surface area contributed by atoms with Gasteiger partial charge in [-0.25, -0.2) is 0 Å². The maximum atomic E-state index is 12.9. The smallest absolute Gasteiger partial charge is 0.251 e. The zero-order chi connectivity index (χ0) is 18.0. The molecule has 4 nitrogen and oxygen atoms in total. The number of amides is 1. The molecule has 3 aromatic rings. The molecule has 0 aliphatic rings. The van der Waals surface area contributed by atoms with Gasteiger partial charge >= 0.3 is 0 Å². The molecule has 0 bridgehead atoms. The molecule has 0 fully saturated rings. The van der Waals surface area contributed by atoms with Gasteiger partial charge in [0.15, 0.2) is 0 Å². The van der Waals surface area contributed by atoms with Crippen molar-refractivity contribution in [1.82, 2.24) is 4.57 Å². The van der Waals surface area contributed by atoms with Gasteiger partial charge in [0.1, 0.15) is 6.54 Å². The first kappa shape index (κ1) is 17.0. The number of hydrogen-bond acceptors (Lipinski definition) is 2. The fraction of sp³-hybridized carbons (Fsp3) is 0.238. The second-order valence-electron chi connectivity index (χ2n) is 6.20. The summed E-state index contributed by atoms with van der Waals surface area (Å²) >= 11 is 0. The van der Waals surface area contributed by atoms with Crippen molar-refractivity contribution in [2.75, 3.05) is 11.4 Å². The summed E-state index contributed by atoms with van der Waals surface area (Å²) < 4.78 is 1.59. The molecule has 0 saturated heterocycles. The SMILES string of the molecule is CCN(C(=O)Cn1c(=O)cc(C)c2cccc(C)c21)c1ccccc1. The Balaban J connectivity index is 2.06. The van der Waals surface area contributed by atoms with E-state index in [1.165, 1.54) is 0 Å². The molecule has 25 heavy (non-hydrogen) atoms. The molecule has 0 saturated carbocycles. The molecule has 4 heteroatoms. The zero-order valence-electron chi connectivity index (χ0n) is 14.8. The predicted molar refractivity (Wildman–Crippen MR) is 102 cm³/mol. The van der Waals surface area contributed by atoms with Crippen LogP contribution in [0.15, 0.2) is 59.4 Å². The number of pyridine rings is 1. The summed E-state index contributed by atoms with van der Waals surface area (Å²) in [6, 6.07) is 17.1. The fourth-order valence-electron chi connectivity index (χ4n) is 3.27. The number of carbonyl (C=O) groups is 1. The number of benzene rings is 2. The van der Waals surface area contributed by atoms with Gasteiger partial charge in [-0.15, -0.1) is 0 Å². The Morgan fingerprint density at radius 2 is 1.72 bits per heavy atom. The topological polar surface area (TPSA) is 42.3 Å². The summed E-state index contributed by atoms with van der Waals surface area (Å²) in [6.07, 6.45) is 0. The predicted octanol–water partition coefficient (Wildman–Crippen LogP) is 3.67. The lowest BCUT2D eigenvalue weighted by Gasteiger charge is -2.22. The average Bonchev–Trinajstić information content (AvgIpc) is 2.60. The van der Waals surface area contributed by atoms with Crippen LogP contribution in [0.3, 0.4) is 0 Å². The van der Waals surface area contributed by atoms with Crippen LogP contribution in [0.4, 0.5) is 5.69 Å². The van der Waals surface area contributed by atoms with E-state index in [9.17, 15) is 9.59 Å². The summed E-state index contributed by atoms with van der Waals surface area (Å²) in [7, 11) is 0. The average molecular weight is 334 g/mol. The fourth-order valence-corrected chi connectivity index (χ4v) is 3.27. The summed E-state index contributed by atoms with van der Waals surface area (Å²) in [5.74, 6) is -0.0933. The number of para-hydroxylation sites is 2. The van der Waals surface area contributed by atoms with Crippen LogP contribution in [0.5, 0.6) is 0 Å². The van der Waals surface area contributed by atoms with E-state index in [-0.39, 0.29) is 18.0 Å². The maximum Gasteiger partial charge on any atom is 0.251 e. The minimum absolute atomic E-state index is 0.0310. The largest absolute Gasteiger partial charge is 0.311 e. The van der Waals surface area contributed by atoms with E-state index in [1.54, 1.807) is 15.5 Å². The number of likely N-dealkylation sites (N-methyl/N-ethyl adjacent to an activating group) is 1. The van der Waals surface area contributed by atoms with E-state index in [1.807, 2.05) is 69.3 Å². The maximum absolute atomic E-state index is 12.9. The molecular weight excluding hydrogens is 312 g/mol. The van der Waals surface area contributed by atoms with Gasteiger partial charge in [0, 0.05) is 23.7 Å². The van der Waals surface area contributed by atoms with E-state index in [4.69, 9.17) is 0 Å². The highest BCUT2D eigenvalue weighted by Gasteiger charge is 2.17.